The molecule has 0 amide bonds. The lowest BCUT2D eigenvalue weighted by Crippen LogP contribution is -2.46. The van der Waals surface area contributed by atoms with E-state index in [-0.39, 0.29) is 5.41 Å². The molecular formula is C14H34OSi3. The van der Waals surface area contributed by atoms with Gasteiger partial charge in [-0.15, -0.1) is 6.58 Å². The molecule has 0 radical (unpaired) electrons. The van der Waals surface area contributed by atoms with Crippen LogP contribution in [-0.2, 0) is 4.12 Å². The lowest BCUT2D eigenvalue weighted by molar-refractivity contribution is 0.470. The highest BCUT2D eigenvalue weighted by Gasteiger charge is 2.38. The van der Waals surface area contributed by atoms with Crippen LogP contribution in [-0.4, -0.2) is 24.7 Å². The number of hydrogen-bond donors (Lipinski definition) is 0. The summed E-state index contributed by atoms with van der Waals surface area (Å²) in [5, 5.41) is 0. The first kappa shape index (κ1) is 18.4. The minimum Gasteiger partial charge on any atom is -0.456 e. The highest BCUT2D eigenvalue weighted by Crippen LogP contribution is 2.39. The Balaban J connectivity index is 4.85. The van der Waals surface area contributed by atoms with E-state index in [0.717, 1.165) is 0 Å². The van der Waals surface area contributed by atoms with Crippen molar-refractivity contribution in [2.45, 2.75) is 71.4 Å². The van der Waals surface area contributed by atoms with Crippen LogP contribution in [0.5, 0.6) is 0 Å². The molecule has 0 fully saturated rings. The molecule has 0 saturated carbocycles. The molecule has 0 N–H and O–H groups in total. The Morgan fingerprint density at radius 2 is 1.39 bits per heavy atom. The Hall–Kier alpha value is 0.351. The molecule has 1 unspecified atom stereocenters. The Morgan fingerprint density at radius 1 is 0.944 bits per heavy atom. The molecule has 0 aliphatic heterocycles. The Labute approximate surface area is 118 Å². The van der Waals surface area contributed by atoms with E-state index in [0.29, 0.717) is 0 Å². The Bertz CT molecular complexity index is 286. The van der Waals surface area contributed by atoms with Gasteiger partial charge in [0.25, 0.3) is 0 Å². The maximum Gasteiger partial charge on any atom is 0.174 e. The largest absolute Gasteiger partial charge is 0.456 e. The van der Waals surface area contributed by atoms with Crippen LogP contribution >= 0.6 is 0 Å². The molecule has 0 aromatic carbocycles. The van der Waals surface area contributed by atoms with Crippen molar-refractivity contribution in [2.24, 2.45) is 5.41 Å². The molecule has 0 saturated heterocycles. The van der Waals surface area contributed by atoms with Gasteiger partial charge in [0.2, 0.25) is 0 Å². The highest BCUT2D eigenvalue weighted by molar-refractivity contribution is 6.84. The summed E-state index contributed by atoms with van der Waals surface area (Å²) in [6.07, 6.45) is 2.19. The molecule has 108 valence electrons. The van der Waals surface area contributed by atoms with Gasteiger partial charge in [-0.25, -0.2) is 0 Å². The quantitative estimate of drug-likeness (QED) is 0.441. The topological polar surface area (TPSA) is 9.23 Å². The third-order valence-electron chi connectivity index (χ3n) is 2.84. The first-order valence-corrected chi connectivity index (χ1v) is 17.3. The minimum absolute atomic E-state index is 0.264. The first-order valence-electron chi connectivity index (χ1n) is 7.02. The van der Waals surface area contributed by atoms with Crippen LogP contribution in [0.4, 0.5) is 0 Å². The molecule has 0 aliphatic carbocycles. The maximum absolute atomic E-state index is 6.48. The van der Waals surface area contributed by atoms with E-state index in [9.17, 15) is 0 Å². The molecule has 0 aromatic rings. The van der Waals surface area contributed by atoms with Crippen molar-refractivity contribution in [3.63, 3.8) is 0 Å². The van der Waals surface area contributed by atoms with Gasteiger partial charge in [-0.3, -0.25) is 0 Å². The second kappa shape index (κ2) is 5.77. The third kappa shape index (κ3) is 8.45. The van der Waals surface area contributed by atoms with Gasteiger partial charge in [0.15, 0.2) is 16.6 Å². The van der Waals surface area contributed by atoms with Gasteiger partial charge in [-0.05, 0) is 50.2 Å². The normalized spacial score (nSPS) is 17.4. The standard InChI is InChI=1S/C14H34OSi3/c1-11-14(2,12-16(3,4)5)13-18(9,10)15-17(6,7)8/h11H,1,12-13H2,2-10H3. The van der Waals surface area contributed by atoms with Crippen LogP contribution < -0.4 is 0 Å². The van der Waals surface area contributed by atoms with E-state index in [1.807, 2.05) is 0 Å². The zero-order valence-electron chi connectivity index (χ0n) is 14.1. The molecule has 0 heterocycles. The van der Waals surface area contributed by atoms with Crippen LogP contribution in [0.3, 0.4) is 0 Å². The molecule has 1 nitrogen and oxygen atoms in total. The second-order valence-corrected chi connectivity index (χ2v) is 23.1. The highest BCUT2D eigenvalue weighted by atomic mass is 28.4. The van der Waals surface area contributed by atoms with E-state index in [1.54, 1.807) is 0 Å². The fourth-order valence-electron chi connectivity index (χ4n) is 3.26. The molecule has 0 aliphatic rings. The van der Waals surface area contributed by atoms with Crippen molar-refractivity contribution >= 4 is 24.7 Å². The first-order chi connectivity index (χ1) is 7.68. The van der Waals surface area contributed by atoms with E-state index in [4.69, 9.17) is 4.12 Å². The fraction of sp³-hybridized carbons (Fsp3) is 0.857. The smallest absolute Gasteiger partial charge is 0.174 e. The lowest BCUT2D eigenvalue weighted by atomic mass is 9.96. The van der Waals surface area contributed by atoms with Crippen molar-refractivity contribution < 1.29 is 4.12 Å². The van der Waals surface area contributed by atoms with Crippen LogP contribution in [0.25, 0.3) is 0 Å². The fourth-order valence-corrected chi connectivity index (χ4v) is 15.3. The average Bonchev–Trinajstić information content (AvgIpc) is 1.93. The van der Waals surface area contributed by atoms with Gasteiger partial charge in [-0.1, -0.05) is 32.6 Å². The summed E-state index contributed by atoms with van der Waals surface area (Å²) < 4.78 is 6.48. The summed E-state index contributed by atoms with van der Waals surface area (Å²) in [5.74, 6) is 0. The van der Waals surface area contributed by atoms with Gasteiger partial charge in [0.1, 0.15) is 0 Å². The molecule has 1 atom stereocenters. The number of allylic oxidation sites excluding steroid dienone is 1. The SMILES string of the molecule is C=CC(C)(C[Si](C)(C)C)C[Si](C)(C)O[Si](C)(C)C. The predicted molar refractivity (Wildman–Crippen MR) is 93.2 cm³/mol. The lowest BCUT2D eigenvalue weighted by Gasteiger charge is -2.40. The molecular weight excluding hydrogens is 268 g/mol. The van der Waals surface area contributed by atoms with Crippen LogP contribution in [0.2, 0.25) is 64.5 Å². The van der Waals surface area contributed by atoms with Gasteiger partial charge in [-0.2, -0.15) is 0 Å². The summed E-state index contributed by atoms with van der Waals surface area (Å²) in [7, 11) is -4.07. The molecule has 4 heteroatoms. The van der Waals surface area contributed by atoms with E-state index in [1.165, 1.54) is 12.1 Å². The number of rotatable bonds is 7. The van der Waals surface area contributed by atoms with Crippen molar-refractivity contribution in [3.05, 3.63) is 12.7 Å². The van der Waals surface area contributed by atoms with Crippen LogP contribution in [0.15, 0.2) is 12.7 Å². The van der Waals surface area contributed by atoms with Gasteiger partial charge >= 0.3 is 0 Å². The van der Waals surface area contributed by atoms with Crippen molar-refractivity contribution in [1.82, 2.24) is 0 Å². The Kier molecular flexibility index (Phi) is 5.88. The Morgan fingerprint density at radius 3 is 1.67 bits per heavy atom. The van der Waals surface area contributed by atoms with Crippen molar-refractivity contribution in [3.8, 4) is 0 Å². The van der Waals surface area contributed by atoms with Crippen LogP contribution in [0.1, 0.15) is 6.92 Å². The molecule has 0 bridgehead atoms. The van der Waals surface area contributed by atoms with Crippen molar-refractivity contribution in [1.29, 1.82) is 0 Å². The minimum atomic E-state index is -1.58. The molecule has 0 rings (SSSR count). The zero-order valence-corrected chi connectivity index (χ0v) is 17.1. The van der Waals surface area contributed by atoms with E-state index in [2.05, 4.69) is 72.0 Å². The molecule has 18 heavy (non-hydrogen) atoms. The van der Waals surface area contributed by atoms with Crippen molar-refractivity contribution in [2.75, 3.05) is 0 Å². The average molecular weight is 303 g/mol. The molecule has 0 spiro atoms. The van der Waals surface area contributed by atoms with E-state index < -0.39 is 24.7 Å². The van der Waals surface area contributed by atoms with Gasteiger partial charge in [0, 0.05) is 8.07 Å². The zero-order chi connectivity index (χ0) is 14.8. The summed E-state index contributed by atoms with van der Waals surface area (Å²) in [4.78, 5) is 0. The van der Waals surface area contributed by atoms with Crippen LogP contribution in [0, 0.1) is 5.41 Å². The molecule has 0 aromatic heterocycles. The van der Waals surface area contributed by atoms with E-state index >= 15 is 0 Å². The monoisotopic (exact) mass is 302 g/mol. The van der Waals surface area contributed by atoms with Gasteiger partial charge < -0.3 is 4.12 Å². The summed E-state index contributed by atoms with van der Waals surface area (Å²) in [5.41, 5.74) is 0.264. The maximum atomic E-state index is 6.48. The summed E-state index contributed by atoms with van der Waals surface area (Å²) in [6, 6.07) is 2.52. The predicted octanol–water partition coefficient (Wildman–Crippen LogP) is 5.57. The number of hydrogen-bond acceptors (Lipinski definition) is 1. The summed E-state index contributed by atoms with van der Waals surface area (Å²) in [6.45, 7) is 25.5. The second-order valence-electron chi connectivity index (χ2n) is 8.75. The summed E-state index contributed by atoms with van der Waals surface area (Å²) >= 11 is 0. The van der Waals surface area contributed by atoms with Gasteiger partial charge in [0.05, 0.1) is 0 Å². The third-order valence-corrected chi connectivity index (χ3v) is 11.0.